The van der Waals surface area contributed by atoms with Crippen molar-refractivity contribution in [2.75, 3.05) is 0 Å². The van der Waals surface area contributed by atoms with E-state index < -0.39 is 30.0 Å². The molecule has 0 bridgehead atoms. The number of benzene rings is 2. The van der Waals surface area contributed by atoms with E-state index in [9.17, 15) is 25.9 Å². The number of rotatable bonds is 6. The van der Waals surface area contributed by atoms with Crippen LogP contribution in [0.3, 0.4) is 0 Å². The van der Waals surface area contributed by atoms with Crippen LogP contribution in [-0.4, -0.2) is 55.9 Å². The fourth-order valence-corrected chi connectivity index (χ4v) is 5.19. The molecule has 4 aromatic rings. The first-order valence-electron chi connectivity index (χ1n) is 8.78. The molecule has 0 amide bonds. The Morgan fingerprint density at radius 2 is 0.844 bits per heavy atom. The van der Waals surface area contributed by atoms with Crippen LogP contribution in [0.25, 0.3) is 21.2 Å². The highest BCUT2D eigenvalue weighted by Crippen LogP contribution is 2.34. The summed E-state index contributed by atoms with van der Waals surface area (Å²) in [6, 6.07) is 10.7. The minimum atomic E-state index is -5.10. The van der Waals surface area contributed by atoms with Crippen molar-refractivity contribution >= 4 is 30.0 Å². The molecule has 0 aliphatic heterocycles. The molecule has 2 N–H and O–H groups in total. The summed E-state index contributed by atoms with van der Waals surface area (Å²) >= 11 is 0. The Labute approximate surface area is 181 Å². The Hall–Kier alpha value is -3.72. The second-order valence-electron chi connectivity index (χ2n) is 6.34. The summed E-state index contributed by atoms with van der Waals surface area (Å²) in [7, 11) is -10.2. The second-order valence-corrected chi connectivity index (χ2v) is 9.06. The molecule has 14 heteroatoms. The predicted octanol–water partition coefficient (Wildman–Crippen LogP) is 1.45. The molecule has 0 aliphatic rings. The van der Waals surface area contributed by atoms with E-state index in [1.807, 2.05) is 0 Å². The Bertz CT molecular complexity index is 1360. The summed E-state index contributed by atoms with van der Waals surface area (Å²) in [4.78, 5) is 0.550. The summed E-state index contributed by atoms with van der Waals surface area (Å²) in [6.45, 7) is 0. The van der Waals surface area contributed by atoms with Crippen molar-refractivity contribution in [3.63, 3.8) is 0 Å². The first-order chi connectivity index (χ1) is 15.1. The van der Waals surface area contributed by atoms with Crippen LogP contribution in [0.2, 0.25) is 0 Å². The van der Waals surface area contributed by atoms with E-state index >= 15 is 0 Å². The molecule has 0 radical (unpaired) electrons. The maximum absolute atomic E-state index is 12.2. The molecular formula is C18H14N6O6S2. The fourth-order valence-electron chi connectivity index (χ4n) is 2.98. The largest absolute Gasteiger partial charge is 0.296 e. The molecule has 4 rings (SSSR count). The third-order valence-electron chi connectivity index (χ3n) is 4.28. The highest BCUT2D eigenvalue weighted by molar-refractivity contribution is 8.01. The van der Waals surface area contributed by atoms with E-state index in [0.717, 1.165) is 0 Å². The molecule has 0 spiro atoms. The standard InChI is InChI=1S/C18H14N6O6S2/c25-31(26,27)17(13-1-5-15(6-2-13)23-19-9-10-20-23)18(32(28,29)30)14-3-7-16(8-4-14)24-21-11-12-22-24/h1-12H,(H,25,26,27)(H,28,29,30). The Balaban J connectivity index is 1.90. The maximum Gasteiger partial charge on any atom is 0.296 e. The monoisotopic (exact) mass is 474 g/mol. The Morgan fingerprint density at radius 1 is 0.562 bits per heavy atom. The van der Waals surface area contributed by atoms with Crippen LogP contribution in [0.15, 0.2) is 73.3 Å². The van der Waals surface area contributed by atoms with Gasteiger partial charge in [-0.15, -0.1) is 0 Å². The minimum Gasteiger partial charge on any atom is -0.282 e. The molecule has 0 atom stereocenters. The first-order valence-corrected chi connectivity index (χ1v) is 11.7. The first kappa shape index (κ1) is 21.5. The van der Waals surface area contributed by atoms with Gasteiger partial charge in [-0.3, -0.25) is 9.11 Å². The van der Waals surface area contributed by atoms with Crippen molar-refractivity contribution in [1.82, 2.24) is 30.0 Å². The van der Waals surface area contributed by atoms with Crippen molar-refractivity contribution in [1.29, 1.82) is 0 Å². The van der Waals surface area contributed by atoms with Crippen molar-refractivity contribution in [2.45, 2.75) is 0 Å². The molecule has 0 unspecified atom stereocenters. The van der Waals surface area contributed by atoms with Gasteiger partial charge in [0.05, 0.1) is 36.2 Å². The molecule has 0 saturated heterocycles. The zero-order valence-electron chi connectivity index (χ0n) is 16.0. The SMILES string of the molecule is O=S(=O)(O)C(=C(c1ccc(-n2nccn2)cc1)S(=O)(=O)O)c1ccc(-n2nccn2)cc1. The van der Waals surface area contributed by atoms with Crippen molar-refractivity contribution in [3.05, 3.63) is 84.4 Å². The average Bonchev–Trinajstić information content (AvgIpc) is 3.45. The van der Waals surface area contributed by atoms with Crippen LogP contribution in [0.1, 0.15) is 11.1 Å². The second kappa shape index (κ2) is 8.08. The summed E-state index contributed by atoms with van der Waals surface area (Å²) in [5.74, 6) is 0. The predicted molar refractivity (Wildman–Crippen MR) is 113 cm³/mol. The molecule has 0 aliphatic carbocycles. The highest BCUT2D eigenvalue weighted by Gasteiger charge is 2.30. The molecule has 0 fully saturated rings. The molecule has 0 saturated carbocycles. The molecule has 12 nitrogen and oxygen atoms in total. The fraction of sp³-hybridized carbons (Fsp3) is 0. The summed E-state index contributed by atoms with van der Waals surface area (Å²) < 4.78 is 68.7. The lowest BCUT2D eigenvalue weighted by Crippen LogP contribution is -2.11. The third kappa shape index (κ3) is 4.33. The van der Waals surface area contributed by atoms with Crippen LogP contribution in [-0.2, 0) is 20.2 Å². The smallest absolute Gasteiger partial charge is 0.282 e. The quantitative estimate of drug-likeness (QED) is 0.308. The van der Waals surface area contributed by atoms with E-state index in [2.05, 4.69) is 20.4 Å². The number of nitrogens with zero attached hydrogens (tertiary/aromatic N) is 6. The highest BCUT2D eigenvalue weighted by atomic mass is 32.2. The van der Waals surface area contributed by atoms with Gasteiger partial charge in [0.15, 0.2) is 0 Å². The van der Waals surface area contributed by atoms with Crippen LogP contribution in [0, 0.1) is 0 Å². The Morgan fingerprint density at radius 3 is 1.09 bits per heavy atom. The van der Waals surface area contributed by atoms with Gasteiger partial charge in [-0.05, 0) is 35.4 Å². The lowest BCUT2D eigenvalue weighted by atomic mass is 10.1. The van der Waals surface area contributed by atoms with Gasteiger partial charge in [-0.25, -0.2) is 0 Å². The van der Waals surface area contributed by atoms with Gasteiger partial charge in [-0.2, -0.15) is 46.8 Å². The number of aromatic nitrogens is 6. The molecule has 2 aromatic carbocycles. The average molecular weight is 474 g/mol. The van der Waals surface area contributed by atoms with Gasteiger partial charge in [-0.1, -0.05) is 24.3 Å². The van der Waals surface area contributed by atoms with Gasteiger partial charge in [0.1, 0.15) is 9.81 Å². The number of hydrogen-bond donors (Lipinski definition) is 2. The van der Waals surface area contributed by atoms with Gasteiger partial charge >= 0.3 is 0 Å². The minimum absolute atomic E-state index is 0.172. The van der Waals surface area contributed by atoms with E-state index in [0.29, 0.717) is 11.4 Å². The van der Waals surface area contributed by atoms with E-state index in [1.54, 1.807) is 0 Å². The van der Waals surface area contributed by atoms with Crippen LogP contribution in [0.4, 0.5) is 0 Å². The third-order valence-corrected chi connectivity index (χ3v) is 6.32. The maximum atomic E-state index is 12.2. The van der Waals surface area contributed by atoms with Gasteiger partial charge in [0, 0.05) is 0 Å². The molecule has 32 heavy (non-hydrogen) atoms. The molecule has 164 valence electrons. The zero-order chi connectivity index (χ0) is 22.9. The van der Waals surface area contributed by atoms with Gasteiger partial charge in [0.25, 0.3) is 20.2 Å². The molecule has 2 aromatic heterocycles. The van der Waals surface area contributed by atoms with Gasteiger partial charge < -0.3 is 0 Å². The van der Waals surface area contributed by atoms with E-state index in [1.165, 1.54) is 82.9 Å². The van der Waals surface area contributed by atoms with Crippen molar-refractivity contribution in [2.24, 2.45) is 0 Å². The normalized spacial score (nSPS) is 13.1. The van der Waals surface area contributed by atoms with E-state index in [4.69, 9.17) is 0 Å². The van der Waals surface area contributed by atoms with Crippen LogP contribution >= 0.6 is 0 Å². The molecular weight excluding hydrogens is 460 g/mol. The summed E-state index contributed by atoms with van der Waals surface area (Å²) in [5, 5.41) is 15.8. The van der Waals surface area contributed by atoms with Crippen LogP contribution in [0.5, 0.6) is 0 Å². The lowest BCUT2D eigenvalue weighted by molar-refractivity contribution is 0.491. The topological polar surface area (TPSA) is 170 Å². The van der Waals surface area contributed by atoms with Gasteiger partial charge in [0.2, 0.25) is 0 Å². The zero-order valence-corrected chi connectivity index (χ0v) is 17.6. The number of hydrogen-bond acceptors (Lipinski definition) is 8. The van der Waals surface area contributed by atoms with Crippen molar-refractivity contribution in [3.8, 4) is 11.4 Å². The summed E-state index contributed by atoms with van der Waals surface area (Å²) in [5.41, 5.74) is 0.568. The lowest BCUT2D eigenvalue weighted by Gasteiger charge is -2.13. The van der Waals surface area contributed by atoms with Crippen LogP contribution < -0.4 is 0 Å². The Kier molecular flexibility index (Phi) is 5.43. The molecule has 2 heterocycles. The van der Waals surface area contributed by atoms with Crippen molar-refractivity contribution < 1.29 is 25.9 Å². The van der Waals surface area contributed by atoms with E-state index in [-0.39, 0.29) is 11.1 Å². The summed E-state index contributed by atoms with van der Waals surface area (Å²) in [6.07, 6.45) is 5.76.